The van der Waals surface area contributed by atoms with E-state index in [1.807, 2.05) is 13.0 Å². The lowest BCUT2D eigenvalue weighted by atomic mass is 10.1. The van der Waals surface area contributed by atoms with Gasteiger partial charge in [0.15, 0.2) is 11.2 Å². The zero-order chi connectivity index (χ0) is 21.1. The first-order valence-electron chi connectivity index (χ1n) is 8.74. The molecule has 0 radical (unpaired) electrons. The summed E-state index contributed by atoms with van der Waals surface area (Å²) in [6, 6.07) is 13.7. The summed E-state index contributed by atoms with van der Waals surface area (Å²) in [6.07, 6.45) is 0.272. The zero-order valence-corrected chi connectivity index (χ0v) is 16.5. The largest absolute Gasteiger partial charge is 0.479 e. The van der Waals surface area contributed by atoms with Gasteiger partial charge < -0.3 is 9.84 Å². The molecular formula is C21H18N2O5S. The van der Waals surface area contributed by atoms with Crippen molar-refractivity contribution in [2.75, 3.05) is 4.90 Å². The fourth-order valence-electron chi connectivity index (χ4n) is 2.76. The molecule has 2 aromatic carbocycles. The molecular weight excluding hydrogens is 392 g/mol. The summed E-state index contributed by atoms with van der Waals surface area (Å²) in [4.78, 5) is 37.9. The third kappa shape index (κ3) is 4.33. The Hall–Kier alpha value is -3.52. The molecule has 0 spiro atoms. The number of nitrogens with zero attached hydrogens (tertiary/aromatic N) is 1. The molecule has 29 heavy (non-hydrogen) atoms. The van der Waals surface area contributed by atoms with E-state index in [4.69, 9.17) is 22.1 Å². The van der Waals surface area contributed by atoms with Crippen LogP contribution in [0.2, 0.25) is 0 Å². The van der Waals surface area contributed by atoms with Crippen molar-refractivity contribution < 1.29 is 24.2 Å². The van der Waals surface area contributed by atoms with Crippen molar-refractivity contribution in [3.63, 3.8) is 0 Å². The van der Waals surface area contributed by atoms with E-state index in [-0.39, 0.29) is 16.4 Å². The Balaban J connectivity index is 2.01. The van der Waals surface area contributed by atoms with Gasteiger partial charge in [0.2, 0.25) is 0 Å². The molecule has 2 N–H and O–H groups in total. The number of para-hydroxylation sites is 1. The van der Waals surface area contributed by atoms with Gasteiger partial charge in [-0.25, -0.2) is 4.79 Å². The summed E-state index contributed by atoms with van der Waals surface area (Å²) < 4.78 is 5.44. The average Bonchev–Trinajstić information content (AvgIpc) is 2.66. The van der Waals surface area contributed by atoms with E-state index in [1.54, 1.807) is 42.5 Å². The quantitative estimate of drug-likeness (QED) is 0.447. The number of aryl methyl sites for hydroxylation is 1. The first kappa shape index (κ1) is 20.2. The number of ether oxygens (including phenoxy) is 1. The molecule has 1 fully saturated rings. The van der Waals surface area contributed by atoms with Gasteiger partial charge in [0.1, 0.15) is 11.3 Å². The fraction of sp³-hybridized carbons (Fsp3) is 0.143. The molecule has 0 aliphatic carbocycles. The first-order valence-corrected chi connectivity index (χ1v) is 9.15. The third-order valence-electron chi connectivity index (χ3n) is 4.23. The molecule has 2 aromatic rings. The Morgan fingerprint density at radius 3 is 2.62 bits per heavy atom. The number of amides is 2. The number of hydrogen-bond donors (Lipinski definition) is 2. The van der Waals surface area contributed by atoms with Gasteiger partial charge in [-0.05, 0) is 55.9 Å². The Labute approximate surface area is 172 Å². The molecule has 1 heterocycles. The zero-order valence-electron chi connectivity index (χ0n) is 15.7. The van der Waals surface area contributed by atoms with Crippen LogP contribution in [0.4, 0.5) is 5.69 Å². The van der Waals surface area contributed by atoms with Crippen molar-refractivity contribution >= 4 is 46.9 Å². The molecule has 2 amide bonds. The van der Waals surface area contributed by atoms with Gasteiger partial charge in [-0.3, -0.25) is 19.8 Å². The highest BCUT2D eigenvalue weighted by Crippen LogP contribution is 2.26. The summed E-state index contributed by atoms with van der Waals surface area (Å²) in [7, 11) is 0. The van der Waals surface area contributed by atoms with Crippen molar-refractivity contribution in [2.24, 2.45) is 0 Å². The molecule has 1 aliphatic heterocycles. The predicted octanol–water partition coefficient (Wildman–Crippen LogP) is 2.68. The standard InChI is InChI=1S/C21H18N2O5S/c1-12-6-5-8-15(10-12)23-19(25)16(18(24)22-21(23)29)11-14-7-3-4-9-17(14)28-13(2)20(26)27/h3-11,13H,1-2H3,(H,26,27)(H,22,24,29)/b16-11+/t13-/m0/s1. The van der Waals surface area contributed by atoms with Crippen molar-refractivity contribution in [3.05, 3.63) is 65.2 Å². The van der Waals surface area contributed by atoms with Gasteiger partial charge >= 0.3 is 5.97 Å². The highest BCUT2D eigenvalue weighted by atomic mass is 32.1. The van der Waals surface area contributed by atoms with E-state index in [1.165, 1.54) is 17.9 Å². The van der Waals surface area contributed by atoms with Crippen LogP contribution in [0, 0.1) is 6.92 Å². The van der Waals surface area contributed by atoms with Crippen molar-refractivity contribution in [3.8, 4) is 5.75 Å². The van der Waals surface area contributed by atoms with Gasteiger partial charge in [0, 0.05) is 5.56 Å². The van der Waals surface area contributed by atoms with Crippen LogP contribution < -0.4 is 15.0 Å². The number of rotatable bonds is 5. The molecule has 1 atom stereocenters. The van der Waals surface area contributed by atoms with Gasteiger partial charge in [-0.15, -0.1) is 0 Å². The summed E-state index contributed by atoms with van der Waals surface area (Å²) in [6.45, 7) is 3.27. The first-order chi connectivity index (χ1) is 13.8. The van der Waals surface area contributed by atoms with Gasteiger partial charge in [-0.2, -0.15) is 0 Å². The molecule has 0 unspecified atom stereocenters. The van der Waals surface area contributed by atoms with Crippen LogP contribution in [0.5, 0.6) is 5.75 Å². The van der Waals surface area contributed by atoms with Crippen LogP contribution in [-0.4, -0.2) is 34.1 Å². The molecule has 0 bridgehead atoms. The molecule has 8 heteroatoms. The molecule has 3 rings (SSSR count). The Morgan fingerprint density at radius 1 is 1.21 bits per heavy atom. The highest BCUT2D eigenvalue weighted by Gasteiger charge is 2.34. The van der Waals surface area contributed by atoms with Crippen LogP contribution in [0.25, 0.3) is 6.08 Å². The third-order valence-corrected chi connectivity index (χ3v) is 4.52. The number of hydrogen-bond acceptors (Lipinski definition) is 5. The van der Waals surface area contributed by atoms with E-state index in [2.05, 4.69) is 5.32 Å². The molecule has 1 saturated heterocycles. The highest BCUT2D eigenvalue weighted by molar-refractivity contribution is 7.80. The van der Waals surface area contributed by atoms with E-state index < -0.39 is 23.9 Å². The topological polar surface area (TPSA) is 95.9 Å². The van der Waals surface area contributed by atoms with Crippen LogP contribution in [0.1, 0.15) is 18.1 Å². The monoisotopic (exact) mass is 410 g/mol. The van der Waals surface area contributed by atoms with Crippen LogP contribution in [0.3, 0.4) is 0 Å². The number of thiocarbonyl (C=S) groups is 1. The van der Waals surface area contributed by atoms with Gasteiger partial charge in [-0.1, -0.05) is 30.3 Å². The maximum absolute atomic E-state index is 13.1. The average molecular weight is 410 g/mol. The molecule has 148 valence electrons. The lowest BCUT2D eigenvalue weighted by molar-refractivity contribution is -0.144. The van der Waals surface area contributed by atoms with E-state index in [9.17, 15) is 14.4 Å². The van der Waals surface area contributed by atoms with E-state index >= 15 is 0 Å². The number of carbonyl (C=O) groups excluding carboxylic acids is 2. The maximum Gasteiger partial charge on any atom is 0.344 e. The minimum atomic E-state index is -1.13. The predicted molar refractivity (Wildman–Crippen MR) is 112 cm³/mol. The normalized spacial score (nSPS) is 16.6. The summed E-state index contributed by atoms with van der Waals surface area (Å²) in [5, 5.41) is 11.6. The van der Waals surface area contributed by atoms with Crippen LogP contribution in [-0.2, 0) is 14.4 Å². The number of nitrogens with one attached hydrogen (secondary N) is 1. The summed E-state index contributed by atoms with van der Waals surface area (Å²) in [5.41, 5.74) is 1.73. The molecule has 0 saturated carbocycles. The van der Waals surface area contributed by atoms with E-state index in [0.29, 0.717) is 11.3 Å². The number of anilines is 1. The minimum absolute atomic E-state index is 0.00761. The second kappa shape index (κ2) is 8.24. The minimum Gasteiger partial charge on any atom is -0.479 e. The number of aliphatic carboxylic acids is 1. The maximum atomic E-state index is 13.1. The second-order valence-electron chi connectivity index (χ2n) is 6.43. The van der Waals surface area contributed by atoms with Crippen molar-refractivity contribution in [2.45, 2.75) is 20.0 Å². The lowest BCUT2D eigenvalue weighted by Crippen LogP contribution is -2.54. The summed E-state index contributed by atoms with van der Waals surface area (Å²) in [5.74, 6) is -2.10. The van der Waals surface area contributed by atoms with Crippen molar-refractivity contribution in [1.29, 1.82) is 0 Å². The van der Waals surface area contributed by atoms with Crippen LogP contribution in [0.15, 0.2) is 54.1 Å². The van der Waals surface area contributed by atoms with Gasteiger partial charge in [0.25, 0.3) is 11.8 Å². The van der Waals surface area contributed by atoms with Crippen LogP contribution >= 0.6 is 12.2 Å². The molecule has 7 nitrogen and oxygen atoms in total. The van der Waals surface area contributed by atoms with Crippen molar-refractivity contribution in [1.82, 2.24) is 5.32 Å². The number of carboxylic acid groups (broad SMARTS) is 1. The van der Waals surface area contributed by atoms with E-state index in [0.717, 1.165) is 5.56 Å². The smallest absolute Gasteiger partial charge is 0.344 e. The second-order valence-corrected chi connectivity index (χ2v) is 6.82. The number of benzene rings is 2. The summed E-state index contributed by atoms with van der Waals surface area (Å²) >= 11 is 5.19. The Kier molecular flexibility index (Phi) is 5.74. The molecule has 0 aromatic heterocycles. The number of carboxylic acids is 1. The SMILES string of the molecule is Cc1cccc(N2C(=O)/C(=C/c3ccccc3O[C@@H](C)C(=O)O)C(=O)NC2=S)c1. The lowest BCUT2D eigenvalue weighted by Gasteiger charge is -2.29. The Morgan fingerprint density at radius 2 is 1.93 bits per heavy atom. The van der Waals surface area contributed by atoms with Gasteiger partial charge in [0.05, 0.1) is 5.69 Å². The number of carbonyl (C=O) groups is 3. The molecule has 1 aliphatic rings. The Bertz CT molecular complexity index is 1050. The fourth-order valence-corrected chi connectivity index (χ4v) is 3.04.